The average molecular weight is 339 g/mol. The van der Waals surface area contributed by atoms with Gasteiger partial charge < -0.3 is 9.64 Å². The molecule has 3 heterocycles. The first-order valence-electron chi connectivity index (χ1n) is 9.09. The second-order valence-corrected chi connectivity index (χ2v) is 7.81. The molecule has 2 aliphatic heterocycles. The van der Waals surface area contributed by atoms with E-state index in [1.54, 1.807) is 11.5 Å². The van der Waals surface area contributed by atoms with Gasteiger partial charge in [-0.3, -0.25) is 4.90 Å². The summed E-state index contributed by atoms with van der Waals surface area (Å²) in [6.45, 7) is 12.2. The van der Waals surface area contributed by atoms with E-state index in [-0.39, 0.29) is 0 Å². The number of aromatic nitrogens is 2. The van der Waals surface area contributed by atoms with Crippen molar-refractivity contribution in [3.05, 3.63) is 5.82 Å². The molecule has 1 aromatic rings. The second-order valence-electron chi connectivity index (χ2n) is 7.08. The zero-order valence-electron chi connectivity index (χ0n) is 14.7. The van der Waals surface area contributed by atoms with Crippen LogP contribution in [0.25, 0.3) is 0 Å². The summed E-state index contributed by atoms with van der Waals surface area (Å²) in [6.07, 6.45) is 5.59. The molecule has 0 aromatic carbocycles. The second kappa shape index (κ2) is 7.90. The first-order valence-corrected chi connectivity index (χ1v) is 9.86. The summed E-state index contributed by atoms with van der Waals surface area (Å²) in [5.41, 5.74) is 0. The number of aryl methyl sites for hydroxylation is 1. The molecule has 23 heavy (non-hydrogen) atoms. The van der Waals surface area contributed by atoms with Crippen LogP contribution in [-0.2, 0) is 11.2 Å². The number of ether oxygens (including phenoxy) is 1. The number of morpholine rings is 1. The lowest BCUT2D eigenvalue weighted by Gasteiger charge is -2.37. The van der Waals surface area contributed by atoms with Gasteiger partial charge in [-0.25, -0.2) is 4.98 Å². The predicted molar refractivity (Wildman–Crippen MR) is 95.3 cm³/mol. The summed E-state index contributed by atoms with van der Waals surface area (Å²) >= 11 is 1.56. The van der Waals surface area contributed by atoms with Gasteiger partial charge in [-0.1, -0.05) is 6.92 Å². The van der Waals surface area contributed by atoms with Gasteiger partial charge in [0.25, 0.3) is 0 Å². The van der Waals surface area contributed by atoms with Crippen molar-refractivity contribution in [1.82, 2.24) is 14.3 Å². The largest absolute Gasteiger partial charge is 0.373 e. The molecule has 6 heteroatoms. The number of rotatable bonds is 5. The third-order valence-electron chi connectivity index (χ3n) is 5.01. The molecule has 0 radical (unpaired) electrons. The van der Waals surface area contributed by atoms with Crippen molar-refractivity contribution in [2.45, 2.75) is 58.7 Å². The third kappa shape index (κ3) is 4.64. The molecule has 0 spiro atoms. The van der Waals surface area contributed by atoms with Crippen LogP contribution >= 0.6 is 11.5 Å². The molecular formula is C17H30N4OS. The van der Waals surface area contributed by atoms with Gasteiger partial charge in [0.1, 0.15) is 5.82 Å². The average Bonchev–Trinajstić information content (AvgIpc) is 3.02. The fraction of sp³-hybridized carbons (Fsp3) is 0.882. The first kappa shape index (κ1) is 17.1. The molecule has 0 aliphatic carbocycles. The molecule has 2 fully saturated rings. The molecular weight excluding hydrogens is 308 g/mol. The number of anilines is 1. The summed E-state index contributed by atoms with van der Waals surface area (Å²) in [4.78, 5) is 9.63. The van der Waals surface area contributed by atoms with Crippen LogP contribution in [0.4, 0.5) is 5.13 Å². The topological polar surface area (TPSA) is 41.5 Å². The van der Waals surface area contributed by atoms with Crippen molar-refractivity contribution in [3.63, 3.8) is 0 Å². The maximum absolute atomic E-state index is 5.82. The van der Waals surface area contributed by atoms with Crippen LogP contribution in [0.3, 0.4) is 0 Å². The lowest BCUT2D eigenvalue weighted by molar-refractivity contribution is -0.0690. The quantitative estimate of drug-likeness (QED) is 0.826. The molecule has 2 unspecified atom stereocenters. The van der Waals surface area contributed by atoms with Gasteiger partial charge >= 0.3 is 0 Å². The van der Waals surface area contributed by atoms with Gasteiger partial charge in [-0.2, -0.15) is 4.37 Å². The van der Waals surface area contributed by atoms with Crippen molar-refractivity contribution in [2.24, 2.45) is 5.92 Å². The number of nitrogens with zero attached hydrogens (tertiary/aromatic N) is 4. The number of hydrogen-bond acceptors (Lipinski definition) is 6. The van der Waals surface area contributed by atoms with Crippen molar-refractivity contribution in [2.75, 3.05) is 37.6 Å². The van der Waals surface area contributed by atoms with E-state index in [4.69, 9.17) is 4.74 Å². The van der Waals surface area contributed by atoms with E-state index >= 15 is 0 Å². The van der Waals surface area contributed by atoms with E-state index in [0.717, 1.165) is 49.5 Å². The van der Waals surface area contributed by atoms with Gasteiger partial charge in [-0.15, -0.1) is 0 Å². The molecule has 0 N–H and O–H groups in total. The monoisotopic (exact) mass is 338 g/mol. The fourth-order valence-electron chi connectivity index (χ4n) is 3.76. The Balaban J connectivity index is 1.40. The van der Waals surface area contributed by atoms with E-state index in [0.29, 0.717) is 12.2 Å². The van der Waals surface area contributed by atoms with Crippen LogP contribution in [0.5, 0.6) is 0 Å². The molecule has 0 bridgehead atoms. The van der Waals surface area contributed by atoms with Gasteiger partial charge in [0, 0.05) is 44.1 Å². The molecule has 0 amide bonds. The zero-order chi connectivity index (χ0) is 16.2. The minimum atomic E-state index is 0.380. The maximum Gasteiger partial charge on any atom is 0.205 e. The van der Waals surface area contributed by atoms with Crippen molar-refractivity contribution in [3.8, 4) is 0 Å². The molecule has 0 saturated carbocycles. The van der Waals surface area contributed by atoms with Gasteiger partial charge in [0.05, 0.1) is 12.2 Å². The van der Waals surface area contributed by atoms with Crippen LogP contribution in [-0.4, -0.2) is 59.2 Å². The highest BCUT2D eigenvalue weighted by Gasteiger charge is 2.25. The van der Waals surface area contributed by atoms with Gasteiger partial charge in [0.15, 0.2) is 0 Å². The number of hydrogen-bond donors (Lipinski definition) is 0. The summed E-state index contributed by atoms with van der Waals surface area (Å²) in [6, 6.07) is 0. The molecule has 3 rings (SSSR count). The van der Waals surface area contributed by atoms with E-state index < -0.39 is 0 Å². The molecule has 2 aliphatic rings. The Labute approximate surface area is 144 Å². The Kier molecular flexibility index (Phi) is 5.88. The predicted octanol–water partition coefficient (Wildman–Crippen LogP) is 2.82. The standard InChI is InChI=1S/C17H30N4OS/c1-4-16-18-17(23-19-16)21-9-6-15(7-10-21)5-8-20-11-13(2)22-14(3)12-20/h13-15H,4-12H2,1-3H3. The van der Waals surface area contributed by atoms with Crippen LogP contribution in [0, 0.1) is 5.92 Å². The summed E-state index contributed by atoms with van der Waals surface area (Å²) in [5.74, 6) is 1.85. The van der Waals surface area contributed by atoms with E-state index in [1.807, 2.05) is 0 Å². The zero-order valence-corrected chi connectivity index (χ0v) is 15.5. The highest BCUT2D eigenvalue weighted by molar-refractivity contribution is 7.09. The first-order chi connectivity index (χ1) is 11.1. The van der Waals surface area contributed by atoms with E-state index in [2.05, 4.69) is 39.9 Å². The van der Waals surface area contributed by atoms with E-state index in [1.165, 1.54) is 25.8 Å². The molecule has 2 saturated heterocycles. The molecule has 5 nitrogen and oxygen atoms in total. The van der Waals surface area contributed by atoms with Crippen LogP contribution in [0.1, 0.15) is 45.9 Å². The fourth-order valence-corrected chi connectivity index (χ4v) is 4.56. The molecule has 2 atom stereocenters. The minimum absolute atomic E-state index is 0.380. The Morgan fingerprint density at radius 1 is 1.17 bits per heavy atom. The lowest BCUT2D eigenvalue weighted by Crippen LogP contribution is -2.46. The van der Waals surface area contributed by atoms with Crippen molar-refractivity contribution < 1.29 is 4.74 Å². The van der Waals surface area contributed by atoms with Crippen molar-refractivity contribution >= 4 is 16.7 Å². The van der Waals surface area contributed by atoms with Gasteiger partial charge in [0.2, 0.25) is 5.13 Å². The molecule has 1 aromatic heterocycles. The highest BCUT2D eigenvalue weighted by Crippen LogP contribution is 2.27. The summed E-state index contributed by atoms with van der Waals surface area (Å²) in [7, 11) is 0. The smallest absolute Gasteiger partial charge is 0.205 e. The Hall–Kier alpha value is -0.720. The van der Waals surface area contributed by atoms with Crippen LogP contribution in [0.2, 0.25) is 0 Å². The highest BCUT2D eigenvalue weighted by atomic mass is 32.1. The van der Waals surface area contributed by atoms with E-state index in [9.17, 15) is 0 Å². The number of piperidine rings is 1. The normalized spacial score (nSPS) is 27.5. The van der Waals surface area contributed by atoms with Crippen LogP contribution in [0.15, 0.2) is 0 Å². The minimum Gasteiger partial charge on any atom is -0.373 e. The van der Waals surface area contributed by atoms with Crippen LogP contribution < -0.4 is 4.90 Å². The van der Waals surface area contributed by atoms with Crippen molar-refractivity contribution in [1.29, 1.82) is 0 Å². The lowest BCUT2D eigenvalue weighted by atomic mass is 9.93. The molecule has 130 valence electrons. The SMILES string of the molecule is CCc1nsc(N2CCC(CCN3CC(C)OC(C)C3)CC2)n1. The Morgan fingerprint density at radius 2 is 1.87 bits per heavy atom. The maximum atomic E-state index is 5.82. The summed E-state index contributed by atoms with van der Waals surface area (Å²) in [5, 5.41) is 1.12. The summed E-state index contributed by atoms with van der Waals surface area (Å²) < 4.78 is 10.2. The Morgan fingerprint density at radius 3 is 2.48 bits per heavy atom. The van der Waals surface area contributed by atoms with Gasteiger partial charge in [-0.05, 0) is 45.6 Å². The Bertz CT molecular complexity index is 477. The third-order valence-corrected chi connectivity index (χ3v) is 5.82.